The topological polar surface area (TPSA) is 40.7 Å². The van der Waals surface area contributed by atoms with Crippen LogP contribution in [0.4, 0.5) is 0 Å². The average molecular weight is 251 g/mol. The molecule has 0 fully saturated rings. The maximum Gasteiger partial charge on any atom is 0.0922 e. The number of imidazole rings is 1. The number of benzene rings is 2. The van der Waals surface area contributed by atoms with Crippen LogP contribution in [0.2, 0.25) is 0 Å². The van der Waals surface area contributed by atoms with Gasteiger partial charge in [-0.1, -0.05) is 42.5 Å². The van der Waals surface area contributed by atoms with Crippen molar-refractivity contribution >= 4 is 10.8 Å². The normalized spacial score (nSPS) is 12.7. The fourth-order valence-electron chi connectivity index (χ4n) is 2.38. The van der Waals surface area contributed by atoms with E-state index in [1.165, 1.54) is 16.3 Å². The fourth-order valence-corrected chi connectivity index (χ4v) is 2.38. The molecule has 0 spiro atoms. The zero-order valence-electron chi connectivity index (χ0n) is 10.9. The van der Waals surface area contributed by atoms with Crippen LogP contribution in [0.15, 0.2) is 55.0 Å². The summed E-state index contributed by atoms with van der Waals surface area (Å²) in [4.78, 5) is 7.13. The van der Waals surface area contributed by atoms with Crippen LogP contribution in [-0.2, 0) is 6.54 Å². The van der Waals surface area contributed by atoms with Crippen molar-refractivity contribution in [2.75, 3.05) is 0 Å². The van der Waals surface area contributed by atoms with Gasteiger partial charge in [-0.15, -0.1) is 0 Å². The number of nitrogens with zero attached hydrogens (tertiary/aromatic N) is 1. The van der Waals surface area contributed by atoms with Crippen molar-refractivity contribution in [2.24, 2.45) is 0 Å². The fraction of sp³-hybridized carbons (Fsp3) is 0.188. The molecule has 0 amide bonds. The van der Waals surface area contributed by atoms with Gasteiger partial charge in [-0.05, 0) is 23.3 Å². The van der Waals surface area contributed by atoms with Crippen LogP contribution in [0, 0.1) is 0 Å². The number of rotatable bonds is 4. The maximum absolute atomic E-state index is 4.03. The predicted molar refractivity (Wildman–Crippen MR) is 77.8 cm³/mol. The molecule has 0 radical (unpaired) electrons. The minimum atomic E-state index is 0.300. The summed E-state index contributed by atoms with van der Waals surface area (Å²) in [5.41, 5.74) is 2.43. The van der Waals surface area contributed by atoms with Gasteiger partial charge in [0.25, 0.3) is 0 Å². The number of H-pyrrole nitrogens is 1. The van der Waals surface area contributed by atoms with E-state index in [1.54, 1.807) is 6.33 Å². The van der Waals surface area contributed by atoms with Gasteiger partial charge in [0.1, 0.15) is 0 Å². The Morgan fingerprint density at radius 1 is 1.16 bits per heavy atom. The van der Waals surface area contributed by atoms with E-state index in [2.05, 4.69) is 64.7 Å². The summed E-state index contributed by atoms with van der Waals surface area (Å²) in [5, 5.41) is 6.12. The summed E-state index contributed by atoms with van der Waals surface area (Å²) in [6.07, 6.45) is 3.56. The van der Waals surface area contributed by atoms with Crippen molar-refractivity contribution in [1.82, 2.24) is 15.3 Å². The first-order valence-electron chi connectivity index (χ1n) is 6.53. The molecule has 2 aromatic carbocycles. The molecule has 1 heterocycles. The third-order valence-electron chi connectivity index (χ3n) is 3.44. The van der Waals surface area contributed by atoms with Gasteiger partial charge in [-0.2, -0.15) is 0 Å². The van der Waals surface area contributed by atoms with E-state index in [4.69, 9.17) is 0 Å². The molecule has 0 aliphatic rings. The molecule has 0 aliphatic carbocycles. The number of hydrogen-bond acceptors (Lipinski definition) is 2. The van der Waals surface area contributed by atoms with E-state index < -0.39 is 0 Å². The molecule has 3 nitrogen and oxygen atoms in total. The number of fused-ring (bicyclic) bond motifs is 1. The van der Waals surface area contributed by atoms with Crippen molar-refractivity contribution in [3.8, 4) is 0 Å². The Hall–Kier alpha value is -2.13. The van der Waals surface area contributed by atoms with Gasteiger partial charge in [0.05, 0.1) is 6.33 Å². The Bertz CT molecular complexity index is 653. The van der Waals surface area contributed by atoms with Gasteiger partial charge in [0, 0.05) is 24.5 Å². The minimum Gasteiger partial charge on any atom is -0.347 e. The van der Waals surface area contributed by atoms with Crippen molar-refractivity contribution in [1.29, 1.82) is 0 Å². The van der Waals surface area contributed by atoms with Crippen molar-refractivity contribution in [3.63, 3.8) is 0 Å². The van der Waals surface area contributed by atoms with Crippen LogP contribution in [-0.4, -0.2) is 9.97 Å². The summed E-state index contributed by atoms with van der Waals surface area (Å²) in [6.45, 7) is 2.99. The van der Waals surface area contributed by atoms with E-state index in [0.29, 0.717) is 6.04 Å². The third-order valence-corrected chi connectivity index (χ3v) is 3.44. The van der Waals surface area contributed by atoms with Crippen LogP contribution in [0.5, 0.6) is 0 Å². The summed E-state index contributed by atoms with van der Waals surface area (Å²) >= 11 is 0. The third kappa shape index (κ3) is 2.51. The minimum absolute atomic E-state index is 0.300. The quantitative estimate of drug-likeness (QED) is 0.746. The van der Waals surface area contributed by atoms with E-state index in [0.717, 1.165) is 12.2 Å². The van der Waals surface area contributed by atoms with Crippen LogP contribution in [0.3, 0.4) is 0 Å². The lowest BCUT2D eigenvalue weighted by Crippen LogP contribution is -2.18. The van der Waals surface area contributed by atoms with E-state index in [9.17, 15) is 0 Å². The molecule has 0 saturated heterocycles. The highest BCUT2D eigenvalue weighted by Crippen LogP contribution is 2.24. The molecule has 3 aromatic rings. The molecule has 0 saturated carbocycles. The molecule has 2 N–H and O–H groups in total. The second kappa shape index (κ2) is 5.24. The summed E-state index contributed by atoms with van der Waals surface area (Å²) in [5.74, 6) is 0. The number of hydrogen-bond donors (Lipinski definition) is 2. The Balaban J connectivity index is 1.83. The van der Waals surface area contributed by atoms with Gasteiger partial charge in [0.15, 0.2) is 0 Å². The predicted octanol–water partition coefficient (Wildman–Crippen LogP) is 3.41. The van der Waals surface area contributed by atoms with Gasteiger partial charge in [-0.25, -0.2) is 4.98 Å². The summed E-state index contributed by atoms with van der Waals surface area (Å²) in [6, 6.07) is 15.3. The van der Waals surface area contributed by atoms with Crippen molar-refractivity contribution in [3.05, 3.63) is 66.2 Å². The highest BCUT2D eigenvalue weighted by atomic mass is 15.0. The first-order chi connectivity index (χ1) is 9.34. The smallest absolute Gasteiger partial charge is 0.0922 e. The molecular weight excluding hydrogens is 234 g/mol. The molecule has 0 aliphatic heterocycles. The number of aromatic amines is 1. The number of nitrogens with one attached hydrogen (secondary N) is 2. The standard InChI is InChI=1S/C16H17N3/c1-12(18-10-14-9-17-11-19-14)15-8-4-6-13-5-2-3-7-16(13)15/h2-9,11-12,18H,10H2,1H3,(H,17,19). The van der Waals surface area contributed by atoms with Crippen LogP contribution in [0.1, 0.15) is 24.2 Å². The molecular formula is C16H17N3. The van der Waals surface area contributed by atoms with Gasteiger partial charge in [0.2, 0.25) is 0 Å². The van der Waals surface area contributed by atoms with Gasteiger partial charge >= 0.3 is 0 Å². The highest BCUT2D eigenvalue weighted by molar-refractivity contribution is 5.86. The molecule has 3 heteroatoms. The molecule has 96 valence electrons. The van der Waals surface area contributed by atoms with Crippen LogP contribution in [0.25, 0.3) is 10.8 Å². The van der Waals surface area contributed by atoms with Crippen molar-refractivity contribution in [2.45, 2.75) is 19.5 Å². The van der Waals surface area contributed by atoms with Crippen molar-refractivity contribution < 1.29 is 0 Å². The first-order valence-corrected chi connectivity index (χ1v) is 6.53. The maximum atomic E-state index is 4.03. The zero-order valence-corrected chi connectivity index (χ0v) is 10.9. The second-order valence-corrected chi connectivity index (χ2v) is 4.75. The Morgan fingerprint density at radius 3 is 2.84 bits per heavy atom. The molecule has 0 bridgehead atoms. The van der Waals surface area contributed by atoms with E-state index in [1.807, 2.05) is 6.20 Å². The summed E-state index contributed by atoms with van der Waals surface area (Å²) < 4.78 is 0. The van der Waals surface area contributed by atoms with E-state index in [-0.39, 0.29) is 0 Å². The molecule has 19 heavy (non-hydrogen) atoms. The molecule has 3 rings (SSSR count). The average Bonchev–Trinajstić information content (AvgIpc) is 2.97. The monoisotopic (exact) mass is 251 g/mol. The lowest BCUT2D eigenvalue weighted by Gasteiger charge is -2.16. The second-order valence-electron chi connectivity index (χ2n) is 4.75. The van der Waals surface area contributed by atoms with Crippen LogP contribution < -0.4 is 5.32 Å². The Labute approximate surface area is 112 Å². The van der Waals surface area contributed by atoms with E-state index >= 15 is 0 Å². The first kappa shape index (κ1) is 11.9. The molecule has 1 atom stereocenters. The SMILES string of the molecule is CC(NCc1cnc[nH]1)c1cccc2ccccc12. The highest BCUT2D eigenvalue weighted by Gasteiger charge is 2.08. The lowest BCUT2D eigenvalue weighted by atomic mass is 10.00. The summed E-state index contributed by atoms with van der Waals surface area (Å²) in [7, 11) is 0. The molecule has 1 aromatic heterocycles. The van der Waals surface area contributed by atoms with Crippen LogP contribution >= 0.6 is 0 Å². The number of aromatic nitrogens is 2. The zero-order chi connectivity index (χ0) is 13.1. The Morgan fingerprint density at radius 2 is 2.00 bits per heavy atom. The van der Waals surface area contributed by atoms with Gasteiger partial charge < -0.3 is 10.3 Å². The largest absolute Gasteiger partial charge is 0.347 e. The Kier molecular flexibility index (Phi) is 3.29. The lowest BCUT2D eigenvalue weighted by molar-refractivity contribution is 0.572. The molecule has 1 unspecified atom stereocenters. The van der Waals surface area contributed by atoms with Gasteiger partial charge in [-0.3, -0.25) is 0 Å².